The van der Waals surface area contributed by atoms with Crippen LogP contribution in [0.2, 0.25) is 0 Å². The Labute approximate surface area is 141 Å². The summed E-state index contributed by atoms with van der Waals surface area (Å²) in [7, 11) is 3.21. The lowest BCUT2D eigenvalue weighted by molar-refractivity contribution is -0.119. The van der Waals surface area contributed by atoms with Gasteiger partial charge in [-0.1, -0.05) is 25.1 Å². The predicted octanol–water partition coefficient (Wildman–Crippen LogP) is 3.48. The van der Waals surface area contributed by atoms with E-state index in [0.717, 1.165) is 17.0 Å². The van der Waals surface area contributed by atoms with Gasteiger partial charge < -0.3 is 9.47 Å². The van der Waals surface area contributed by atoms with Crippen LogP contribution in [0.5, 0.6) is 11.5 Å². The fourth-order valence-corrected chi connectivity index (χ4v) is 2.82. The van der Waals surface area contributed by atoms with E-state index in [1.165, 1.54) is 5.01 Å². The van der Waals surface area contributed by atoms with Crippen LogP contribution >= 0.6 is 0 Å². The topological polar surface area (TPSA) is 51.1 Å². The summed E-state index contributed by atoms with van der Waals surface area (Å²) in [5, 5.41) is 6.10. The minimum Gasteiger partial charge on any atom is -0.493 e. The van der Waals surface area contributed by atoms with Gasteiger partial charge in [0.1, 0.15) is 0 Å². The van der Waals surface area contributed by atoms with Gasteiger partial charge >= 0.3 is 0 Å². The van der Waals surface area contributed by atoms with Gasteiger partial charge in [0.25, 0.3) is 0 Å². The van der Waals surface area contributed by atoms with Crippen LogP contribution in [0.1, 0.15) is 18.9 Å². The first-order chi connectivity index (χ1) is 11.6. The molecule has 1 aliphatic heterocycles. The highest BCUT2D eigenvalue weighted by molar-refractivity contribution is 6.10. The normalized spacial score (nSPS) is 17.5. The Bertz CT molecular complexity index is 771. The number of methoxy groups -OCH3 is 2. The average molecular weight is 324 g/mol. The predicted molar refractivity (Wildman–Crippen MR) is 93.8 cm³/mol. The number of carbonyl (C=O) groups excluding carboxylic acids is 1. The van der Waals surface area contributed by atoms with Gasteiger partial charge in [0.05, 0.1) is 25.6 Å². The van der Waals surface area contributed by atoms with Crippen LogP contribution in [0.3, 0.4) is 0 Å². The van der Waals surface area contributed by atoms with Crippen molar-refractivity contribution in [3.8, 4) is 11.5 Å². The molecule has 0 saturated heterocycles. The average Bonchev–Trinajstić information content (AvgIpc) is 2.62. The minimum absolute atomic E-state index is 0.00192. The second-order valence-corrected chi connectivity index (χ2v) is 5.70. The van der Waals surface area contributed by atoms with E-state index in [0.29, 0.717) is 17.9 Å². The number of ether oxygens (including phenoxy) is 2. The maximum absolute atomic E-state index is 12.4. The third-order valence-corrected chi connectivity index (χ3v) is 4.07. The van der Waals surface area contributed by atoms with E-state index in [1.807, 2.05) is 55.5 Å². The molecule has 0 bridgehead atoms. The van der Waals surface area contributed by atoms with Gasteiger partial charge in [-0.15, -0.1) is 0 Å². The monoisotopic (exact) mass is 324 g/mol. The molecule has 5 heteroatoms. The standard InChI is InChI=1S/C19H20N2O3/c1-13-11-18(22)21(15-7-5-4-6-8-15)20-19(13)14-9-10-16(23-2)17(12-14)24-3/h4-10,12-13H,11H2,1-3H3. The number of nitrogens with zero attached hydrogens (tertiary/aromatic N) is 2. The summed E-state index contributed by atoms with van der Waals surface area (Å²) >= 11 is 0. The smallest absolute Gasteiger partial charge is 0.248 e. The van der Waals surface area contributed by atoms with Crippen molar-refractivity contribution in [2.45, 2.75) is 13.3 Å². The molecule has 0 N–H and O–H groups in total. The first-order valence-corrected chi connectivity index (χ1v) is 7.83. The molecular formula is C19H20N2O3. The number of rotatable bonds is 4. The quantitative estimate of drug-likeness (QED) is 0.865. The van der Waals surface area contributed by atoms with Crippen LogP contribution in [0.15, 0.2) is 53.6 Å². The summed E-state index contributed by atoms with van der Waals surface area (Å²) in [6.45, 7) is 2.01. The summed E-state index contributed by atoms with van der Waals surface area (Å²) in [6, 6.07) is 15.2. The second-order valence-electron chi connectivity index (χ2n) is 5.70. The first kappa shape index (κ1) is 16.1. The van der Waals surface area contributed by atoms with Gasteiger partial charge in [0, 0.05) is 17.9 Å². The summed E-state index contributed by atoms with van der Waals surface area (Å²) in [5.41, 5.74) is 2.56. The molecule has 0 aromatic heterocycles. The molecule has 24 heavy (non-hydrogen) atoms. The molecule has 5 nitrogen and oxygen atoms in total. The van der Waals surface area contributed by atoms with Gasteiger partial charge in [-0.05, 0) is 30.3 Å². The molecule has 124 valence electrons. The summed E-state index contributed by atoms with van der Waals surface area (Å²) in [4.78, 5) is 12.4. The van der Waals surface area contributed by atoms with Gasteiger partial charge in [0.15, 0.2) is 11.5 Å². The van der Waals surface area contributed by atoms with Crippen molar-refractivity contribution >= 4 is 17.3 Å². The van der Waals surface area contributed by atoms with Crippen LogP contribution in [0, 0.1) is 5.92 Å². The highest BCUT2D eigenvalue weighted by atomic mass is 16.5. The fourth-order valence-electron chi connectivity index (χ4n) is 2.82. The number of para-hydroxylation sites is 1. The molecule has 0 fully saturated rings. The number of anilines is 1. The maximum atomic E-state index is 12.4. The SMILES string of the molecule is COc1ccc(C2=NN(c3ccccc3)C(=O)CC2C)cc1OC. The summed E-state index contributed by atoms with van der Waals surface area (Å²) < 4.78 is 10.7. The van der Waals surface area contributed by atoms with Gasteiger partial charge in [-0.2, -0.15) is 5.10 Å². The zero-order valence-electron chi connectivity index (χ0n) is 14.0. The van der Waals surface area contributed by atoms with Gasteiger partial charge in [0.2, 0.25) is 5.91 Å². The van der Waals surface area contributed by atoms with Crippen molar-refractivity contribution in [3.63, 3.8) is 0 Å². The Morgan fingerprint density at radius 3 is 2.42 bits per heavy atom. The molecule has 3 rings (SSSR count). The van der Waals surface area contributed by atoms with Crippen LogP contribution in [-0.4, -0.2) is 25.8 Å². The van der Waals surface area contributed by atoms with E-state index in [4.69, 9.17) is 9.47 Å². The van der Waals surface area contributed by atoms with Crippen molar-refractivity contribution in [2.75, 3.05) is 19.2 Å². The van der Waals surface area contributed by atoms with Crippen LogP contribution in [-0.2, 0) is 4.79 Å². The minimum atomic E-state index is -0.00192. The third kappa shape index (κ3) is 2.97. The van der Waals surface area contributed by atoms with Crippen molar-refractivity contribution in [3.05, 3.63) is 54.1 Å². The molecule has 0 radical (unpaired) electrons. The van der Waals surface area contributed by atoms with E-state index in [2.05, 4.69) is 5.10 Å². The molecule has 2 aromatic rings. The molecular weight excluding hydrogens is 304 g/mol. The van der Waals surface area contributed by atoms with E-state index in [1.54, 1.807) is 14.2 Å². The fraction of sp³-hybridized carbons (Fsp3) is 0.263. The maximum Gasteiger partial charge on any atom is 0.248 e. The number of benzene rings is 2. The Morgan fingerprint density at radius 1 is 1.04 bits per heavy atom. The van der Waals surface area contributed by atoms with Crippen LogP contribution in [0.25, 0.3) is 0 Å². The van der Waals surface area contributed by atoms with Crippen LogP contribution in [0.4, 0.5) is 5.69 Å². The first-order valence-electron chi connectivity index (χ1n) is 7.83. The molecule has 1 heterocycles. The Balaban J connectivity index is 2.03. The van der Waals surface area contributed by atoms with Crippen molar-refractivity contribution in [1.82, 2.24) is 0 Å². The summed E-state index contributed by atoms with van der Waals surface area (Å²) in [6.07, 6.45) is 0.419. The zero-order chi connectivity index (χ0) is 17.1. The molecule has 1 amide bonds. The van der Waals surface area contributed by atoms with Crippen molar-refractivity contribution in [1.29, 1.82) is 0 Å². The molecule has 1 unspecified atom stereocenters. The molecule has 1 atom stereocenters. The van der Waals surface area contributed by atoms with Crippen LogP contribution < -0.4 is 14.5 Å². The summed E-state index contributed by atoms with van der Waals surface area (Å²) in [5.74, 6) is 1.35. The lowest BCUT2D eigenvalue weighted by Crippen LogP contribution is -2.36. The lowest BCUT2D eigenvalue weighted by Gasteiger charge is -2.28. The highest BCUT2D eigenvalue weighted by Gasteiger charge is 2.28. The molecule has 0 spiro atoms. The number of hydrazone groups is 1. The Kier molecular flexibility index (Phi) is 4.51. The van der Waals surface area contributed by atoms with E-state index in [9.17, 15) is 4.79 Å². The largest absolute Gasteiger partial charge is 0.493 e. The third-order valence-electron chi connectivity index (χ3n) is 4.07. The van der Waals surface area contributed by atoms with Crippen molar-refractivity contribution in [2.24, 2.45) is 11.0 Å². The highest BCUT2D eigenvalue weighted by Crippen LogP contribution is 2.31. The van der Waals surface area contributed by atoms with Gasteiger partial charge in [-0.25, -0.2) is 5.01 Å². The number of amides is 1. The Morgan fingerprint density at radius 2 is 1.75 bits per heavy atom. The Hall–Kier alpha value is -2.82. The van der Waals surface area contributed by atoms with Gasteiger partial charge in [-0.3, -0.25) is 4.79 Å². The van der Waals surface area contributed by atoms with E-state index >= 15 is 0 Å². The molecule has 0 aliphatic carbocycles. The number of carbonyl (C=O) groups is 1. The molecule has 2 aromatic carbocycles. The zero-order valence-corrected chi connectivity index (χ0v) is 14.0. The molecule has 0 saturated carbocycles. The lowest BCUT2D eigenvalue weighted by atomic mass is 9.93. The van der Waals surface area contributed by atoms with E-state index < -0.39 is 0 Å². The van der Waals surface area contributed by atoms with E-state index in [-0.39, 0.29) is 11.8 Å². The van der Waals surface area contributed by atoms with Crippen molar-refractivity contribution < 1.29 is 14.3 Å². The second kappa shape index (κ2) is 6.74. The molecule has 1 aliphatic rings. The number of hydrogen-bond donors (Lipinski definition) is 0. The number of hydrogen-bond acceptors (Lipinski definition) is 4.